The van der Waals surface area contributed by atoms with E-state index in [1.54, 1.807) is 13.8 Å². The Balaban J connectivity index is 2.94. The number of aliphatic hydroxyl groups is 1. The van der Waals surface area contributed by atoms with E-state index in [9.17, 15) is 29.1 Å². The molecule has 5 atom stereocenters. The minimum absolute atomic E-state index is 0.242. The minimum atomic E-state index is -1.50. The smallest absolute Gasteiger partial charge is 0.326 e. The zero-order chi connectivity index (χ0) is 23.2. The number of aliphatic hydroxyl groups excluding tert-OH is 1. The van der Waals surface area contributed by atoms with Crippen molar-refractivity contribution in [2.24, 2.45) is 17.4 Å². The molecular formula is C18H31N5O7. The maximum atomic E-state index is 13.1. The number of carboxylic acid groups (broad SMARTS) is 1. The van der Waals surface area contributed by atoms with E-state index in [4.69, 9.17) is 16.6 Å². The van der Waals surface area contributed by atoms with E-state index in [2.05, 4.69) is 10.6 Å². The predicted octanol–water partition coefficient (Wildman–Crippen LogP) is -2.73. The van der Waals surface area contributed by atoms with Gasteiger partial charge in [-0.15, -0.1) is 0 Å². The molecule has 0 spiro atoms. The Morgan fingerprint density at radius 3 is 2.20 bits per heavy atom. The predicted molar refractivity (Wildman–Crippen MR) is 105 cm³/mol. The molecule has 5 unspecified atom stereocenters. The van der Waals surface area contributed by atoms with Gasteiger partial charge in [0.1, 0.15) is 24.2 Å². The monoisotopic (exact) mass is 429 g/mol. The average molecular weight is 429 g/mol. The molecule has 0 saturated carbocycles. The van der Waals surface area contributed by atoms with Crippen molar-refractivity contribution in [3.05, 3.63) is 0 Å². The molecule has 8 N–H and O–H groups in total. The number of carbonyl (C=O) groups is 5. The molecule has 1 heterocycles. The van der Waals surface area contributed by atoms with Gasteiger partial charge in [-0.2, -0.15) is 0 Å². The van der Waals surface area contributed by atoms with Crippen molar-refractivity contribution in [1.82, 2.24) is 15.5 Å². The van der Waals surface area contributed by atoms with E-state index >= 15 is 0 Å². The molecular weight excluding hydrogens is 398 g/mol. The van der Waals surface area contributed by atoms with Crippen LogP contribution in [-0.4, -0.2) is 81.5 Å². The number of amides is 4. The molecule has 1 saturated heterocycles. The molecule has 4 amide bonds. The summed E-state index contributed by atoms with van der Waals surface area (Å²) in [6.07, 6.45) is -0.893. The summed E-state index contributed by atoms with van der Waals surface area (Å²) < 4.78 is 0. The highest BCUT2D eigenvalue weighted by Gasteiger charge is 2.40. The Hall–Kier alpha value is -2.73. The van der Waals surface area contributed by atoms with Gasteiger partial charge in [0.25, 0.3) is 0 Å². The maximum absolute atomic E-state index is 13.1. The molecule has 30 heavy (non-hydrogen) atoms. The van der Waals surface area contributed by atoms with Crippen LogP contribution in [0.5, 0.6) is 0 Å². The van der Waals surface area contributed by atoms with Crippen LogP contribution in [0.15, 0.2) is 0 Å². The Bertz CT molecular complexity index is 682. The Morgan fingerprint density at radius 2 is 1.73 bits per heavy atom. The second-order valence-corrected chi connectivity index (χ2v) is 7.76. The Kier molecular flexibility index (Phi) is 9.18. The first-order chi connectivity index (χ1) is 13.9. The van der Waals surface area contributed by atoms with Crippen molar-refractivity contribution < 1.29 is 34.2 Å². The molecule has 1 aliphatic heterocycles. The summed E-state index contributed by atoms with van der Waals surface area (Å²) in [5.41, 5.74) is 10.6. The van der Waals surface area contributed by atoms with Crippen LogP contribution in [0.4, 0.5) is 0 Å². The van der Waals surface area contributed by atoms with Crippen LogP contribution in [0, 0.1) is 5.92 Å². The first-order valence-electron chi connectivity index (χ1n) is 9.72. The summed E-state index contributed by atoms with van der Waals surface area (Å²) in [6.45, 7) is 5.00. The van der Waals surface area contributed by atoms with Crippen molar-refractivity contribution in [1.29, 1.82) is 0 Å². The van der Waals surface area contributed by atoms with Crippen molar-refractivity contribution in [2.75, 3.05) is 6.54 Å². The molecule has 12 heteroatoms. The Morgan fingerprint density at radius 1 is 1.13 bits per heavy atom. The number of aliphatic carboxylic acids is 1. The lowest BCUT2D eigenvalue weighted by Gasteiger charge is -2.31. The van der Waals surface area contributed by atoms with Crippen LogP contribution in [0.25, 0.3) is 0 Å². The average Bonchev–Trinajstić information content (AvgIpc) is 3.13. The van der Waals surface area contributed by atoms with Crippen LogP contribution >= 0.6 is 0 Å². The molecule has 0 bridgehead atoms. The van der Waals surface area contributed by atoms with E-state index in [1.807, 2.05) is 0 Å². The van der Waals surface area contributed by atoms with Crippen LogP contribution in [0.1, 0.15) is 40.0 Å². The summed E-state index contributed by atoms with van der Waals surface area (Å²) in [5.74, 6) is -4.59. The van der Waals surface area contributed by atoms with Gasteiger partial charge in [0.2, 0.25) is 23.6 Å². The molecule has 12 nitrogen and oxygen atoms in total. The number of nitrogens with zero attached hydrogens (tertiary/aromatic N) is 1. The molecule has 170 valence electrons. The van der Waals surface area contributed by atoms with E-state index in [1.165, 1.54) is 11.8 Å². The van der Waals surface area contributed by atoms with Gasteiger partial charge in [-0.1, -0.05) is 13.8 Å². The highest BCUT2D eigenvalue weighted by Crippen LogP contribution is 2.21. The minimum Gasteiger partial charge on any atom is -0.480 e. The fourth-order valence-corrected chi connectivity index (χ4v) is 3.13. The van der Waals surface area contributed by atoms with Crippen LogP contribution < -0.4 is 22.1 Å². The number of nitrogens with two attached hydrogens (primary N) is 2. The molecule has 0 aliphatic carbocycles. The van der Waals surface area contributed by atoms with E-state index < -0.39 is 66.3 Å². The number of hydrogen-bond donors (Lipinski definition) is 6. The van der Waals surface area contributed by atoms with Gasteiger partial charge >= 0.3 is 5.97 Å². The number of hydrogen-bond acceptors (Lipinski definition) is 7. The van der Waals surface area contributed by atoms with Gasteiger partial charge < -0.3 is 37.2 Å². The Labute approximate surface area is 174 Å². The second kappa shape index (κ2) is 10.9. The number of carbonyl (C=O) groups excluding carboxylic acids is 4. The highest BCUT2D eigenvalue weighted by molar-refractivity contribution is 5.95. The summed E-state index contributed by atoms with van der Waals surface area (Å²) in [5, 5.41) is 23.4. The molecule has 0 aromatic rings. The first kappa shape index (κ1) is 25.3. The SMILES string of the molecule is CC(C)C(NC(=O)C(N)C(C)O)C(=O)N1CCCC1C(=O)NC(CC(N)=O)C(=O)O. The fourth-order valence-electron chi connectivity index (χ4n) is 3.13. The summed E-state index contributed by atoms with van der Waals surface area (Å²) in [7, 11) is 0. The third-order valence-corrected chi connectivity index (χ3v) is 4.91. The third kappa shape index (κ3) is 6.66. The topological polar surface area (TPSA) is 205 Å². The lowest BCUT2D eigenvalue weighted by Crippen LogP contribution is -2.59. The maximum Gasteiger partial charge on any atom is 0.326 e. The number of nitrogens with one attached hydrogen (secondary N) is 2. The lowest BCUT2D eigenvalue weighted by atomic mass is 10.0. The quantitative estimate of drug-likeness (QED) is 0.214. The standard InChI is InChI=1S/C18H31N5O7/c1-8(2)14(22-16(27)13(20)9(3)24)17(28)23-6-4-5-11(23)15(26)21-10(18(29)30)7-12(19)25/h8-11,13-14,24H,4-7,20H2,1-3H3,(H2,19,25)(H,21,26)(H,22,27)(H,29,30). The van der Waals surface area contributed by atoms with Gasteiger partial charge in [0.05, 0.1) is 12.5 Å². The van der Waals surface area contributed by atoms with Crippen molar-refractivity contribution >= 4 is 29.6 Å². The molecule has 0 radical (unpaired) electrons. The number of primary amides is 1. The molecule has 1 rings (SSSR count). The van der Waals surface area contributed by atoms with E-state index in [0.29, 0.717) is 12.8 Å². The fraction of sp³-hybridized carbons (Fsp3) is 0.722. The van der Waals surface area contributed by atoms with Crippen molar-refractivity contribution in [3.8, 4) is 0 Å². The van der Waals surface area contributed by atoms with Gasteiger partial charge in [-0.3, -0.25) is 19.2 Å². The zero-order valence-electron chi connectivity index (χ0n) is 17.3. The molecule has 1 aliphatic rings. The largest absolute Gasteiger partial charge is 0.480 e. The third-order valence-electron chi connectivity index (χ3n) is 4.91. The van der Waals surface area contributed by atoms with E-state index in [-0.39, 0.29) is 12.5 Å². The van der Waals surface area contributed by atoms with Gasteiger partial charge in [0, 0.05) is 6.54 Å². The number of carboxylic acids is 1. The van der Waals surface area contributed by atoms with Crippen LogP contribution in [0.3, 0.4) is 0 Å². The van der Waals surface area contributed by atoms with Gasteiger partial charge in [0.15, 0.2) is 0 Å². The lowest BCUT2D eigenvalue weighted by molar-refractivity contribution is -0.146. The highest BCUT2D eigenvalue weighted by atomic mass is 16.4. The van der Waals surface area contributed by atoms with E-state index in [0.717, 1.165) is 0 Å². The van der Waals surface area contributed by atoms with Crippen molar-refractivity contribution in [3.63, 3.8) is 0 Å². The molecule has 1 fully saturated rings. The molecule has 0 aromatic carbocycles. The van der Waals surface area contributed by atoms with Gasteiger partial charge in [-0.05, 0) is 25.7 Å². The normalized spacial score (nSPS) is 20.2. The summed E-state index contributed by atoms with van der Waals surface area (Å²) in [4.78, 5) is 61.4. The van der Waals surface area contributed by atoms with Crippen LogP contribution in [-0.2, 0) is 24.0 Å². The zero-order valence-corrected chi connectivity index (χ0v) is 17.3. The second-order valence-electron chi connectivity index (χ2n) is 7.76. The number of likely N-dealkylation sites (tertiary alicyclic amines) is 1. The summed E-state index contributed by atoms with van der Waals surface area (Å²) >= 11 is 0. The first-order valence-corrected chi connectivity index (χ1v) is 9.72. The van der Waals surface area contributed by atoms with Gasteiger partial charge in [-0.25, -0.2) is 4.79 Å². The molecule has 0 aromatic heterocycles. The summed E-state index contributed by atoms with van der Waals surface area (Å²) in [6, 6.07) is -4.66. The van der Waals surface area contributed by atoms with Crippen LogP contribution in [0.2, 0.25) is 0 Å². The van der Waals surface area contributed by atoms with Crippen molar-refractivity contribution in [2.45, 2.75) is 70.3 Å². The number of rotatable bonds is 10.